The molecule has 0 saturated carbocycles. The quantitative estimate of drug-likeness (QED) is 0.391. The second kappa shape index (κ2) is 5.71. The van der Waals surface area contributed by atoms with E-state index < -0.39 is 17.6 Å². The Labute approximate surface area is 89.4 Å². The Morgan fingerprint density at radius 1 is 1.31 bits per heavy atom. The maximum absolute atomic E-state index is 12.3. The Balaban J connectivity index is 0.000000671. The van der Waals surface area contributed by atoms with Crippen LogP contribution in [0.4, 0.5) is 17.6 Å². The van der Waals surface area contributed by atoms with Crippen molar-refractivity contribution in [2.45, 2.75) is 6.18 Å². The van der Waals surface area contributed by atoms with Gasteiger partial charge in [0.25, 0.3) is 0 Å². The van der Waals surface area contributed by atoms with Crippen molar-refractivity contribution in [2.75, 3.05) is 0 Å². The molecular formula is C7H3BrF4Zn. The monoisotopic (exact) mass is 306 g/mol. The number of alkyl halides is 3. The van der Waals surface area contributed by atoms with E-state index in [0.29, 0.717) is 12.1 Å². The molecule has 1 aromatic carbocycles. The van der Waals surface area contributed by atoms with Crippen LogP contribution in [0.25, 0.3) is 0 Å². The van der Waals surface area contributed by atoms with Crippen molar-refractivity contribution < 1.29 is 33.9 Å². The Morgan fingerprint density at radius 2 is 1.85 bits per heavy atom. The van der Waals surface area contributed by atoms with E-state index in [1.54, 1.807) is 0 Å². The van der Waals surface area contributed by atoms with Crippen molar-refractivity contribution in [3.63, 3.8) is 0 Å². The predicted molar refractivity (Wildman–Crippen MR) is 39.2 cm³/mol. The molecule has 0 aliphatic carbocycles. The summed E-state index contributed by atoms with van der Waals surface area (Å²) in [5, 5.41) is 0. The first-order valence-corrected chi connectivity index (χ1v) is 9.96. The zero-order chi connectivity index (χ0) is 10.5. The average Bonchev–Trinajstić information content (AvgIpc) is 2.07. The van der Waals surface area contributed by atoms with E-state index in [1.165, 1.54) is 16.3 Å². The van der Waals surface area contributed by atoms with Crippen LogP contribution in [0.15, 0.2) is 18.2 Å². The van der Waals surface area contributed by atoms with Gasteiger partial charge in [0.2, 0.25) is 0 Å². The molecule has 0 aliphatic heterocycles. The molecule has 0 aliphatic rings. The second-order valence-electron chi connectivity index (χ2n) is 1.90. The van der Waals surface area contributed by atoms with Gasteiger partial charge in [-0.3, -0.25) is 4.39 Å². The zero-order valence-electron chi connectivity index (χ0n) is 6.33. The Bertz CT molecular complexity index is 261. The van der Waals surface area contributed by atoms with E-state index in [2.05, 4.69) is 19.7 Å². The van der Waals surface area contributed by atoms with E-state index in [4.69, 9.17) is 0 Å². The van der Waals surface area contributed by atoms with Crippen molar-refractivity contribution in [3.05, 3.63) is 35.6 Å². The van der Waals surface area contributed by atoms with Gasteiger partial charge in [-0.05, 0) is 5.56 Å². The molecule has 0 N–H and O–H groups in total. The number of benzene rings is 1. The molecule has 0 amide bonds. The van der Waals surface area contributed by atoms with E-state index in [-0.39, 0.29) is 0 Å². The Kier molecular flexibility index (Phi) is 5.73. The molecule has 0 atom stereocenters. The minimum atomic E-state index is -4.61. The predicted octanol–water partition coefficient (Wildman–Crippen LogP) is 3.49. The fourth-order valence-electron chi connectivity index (χ4n) is 0.640. The number of hydrogen-bond donors (Lipinski definition) is 0. The summed E-state index contributed by atoms with van der Waals surface area (Å²) in [4.78, 5) is 0. The summed E-state index contributed by atoms with van der Waals surface area (Å²) in [5.41, 5.74) is -1.25. The molecule has 0 radical (unpaired) electrons. The minimum absolute atomic E-state index is 0.648. The van der Waals surface area contributed by atoms with Crippen LogP contribution in [0.5, 0.6) is 0 Å². The van der Waals surface area contributed by atoms with Gasteiger partial charge in [0, 0.05) is 5.82 Å². The molecular weight excluding hydrogens is 305 g/mol. The van der Waals surface area contributed by atoms with E-state index >= 15 is 0 Å². The van der Waals surface area contributed by atoms with Gasteiger partial charge in [-0.1, -0.05) is 0 Å². The van der Waals surface area contributed by atoms with Gasteiger partial charge in [-0.2, -0.15) is 31.4 Å². The molecule has 6 heteroatoms. The molecule has 1 rings (SSSR count). The summed E-state index contributed by atoms with van der Waals surface area (Å²) in [6, 6.07) is 4.52. The Hall–Kier alpha value is 0.0434. The van der Waals surface area contributed by atoms with Crippen LogP contribution in [-0.2, 0) is 22.5 Å². The molecule has 0 unspecified atom stereocenters. The first-order chi connectivity index (χ1) is 6.02. The molecule has 0 spiro atoms. The third kappa shape index (κ3) is 4.18. The van der Waals surface area contributed by atoms with Crippen molar-refractivity contribution in [1.29, 1.82) is 0 Å². The van der Waals surface area contributed by atoms with Gasteiger partial charge >= 0.3 is 36.1 Å². The van der Waals surface area contributed by atoms with Gasteiger partial charge in [-0.25, -0.2) is 0 Å². The van der Waals surface area contributed by atoms with Crippen LogP contribution in [-0.4, -0.2) is 0 Å². The van der Waals surface area contributed by atoms with Gasteiger partial charge in [0.05, 0.1) is 0 Å². The molecule has 0 heterocycles. The van der Waals surface area contributed by atoms with Crippen molar-refractivity contribution in [1.82, 2.24) is 0 Å². The van der Waals surface area contributed by atoms with Crippen LogP contribution in [0.1, 0.15) is 5.56 Å². The first kappa shape index (κ1) is 13.0. The topological polar surface area (TPSA) is 0 Å². The average molecular weight is 308 g/mol. The fourth-order valence-corrected chi connectivity index (χ4v) is 0.640. The fraction of sp³-hybridized carbons (Fsp3) is 0.143. The maximum atomic E-state index is 12.3. The van der Waals surface area contributed by atoms with Crippen molar-refractivity contribution in [3.8, 4) is 0 Å². The normalized spacial score (nSPS) is 10.4. The molecule has 0 saturated heterocycles. The summed E-state index contributed by atoms with van der Waals surface area (Å²) >= 11 is 4.25. The summed E-state index contributed by atoms with van der Waals surface area (Å²) in [6.07, 6.45) is -4.61. The molecule has 0 aromatic heterocycles. The Morgan fingerprint density at radius 3 is 2.15 bits per heavy atom. The zero-order valence-corrected chi connectivity index (χ0v) is 10.9. The van der Waals surface area contributed by atoms with Crippen LogP contribution in [0.3, 0.4) is 0 Å². The van der Waals surface area contributed by atoms with Crippen molar-refractivity contribution in [2.24, 2.45) is 0 Å². The summed E-state index contributed by atoms with van der Waals surface area (Å²) < 4.78 is 47.7. The third-order valence-electron chi connectivity index (χ3n) is 1.12. The van der Waals surface area contributed by atoms with Gasteiger partial charge < -0.3 is 0 Å². The molecule has 0 fully saturated rings. The van der Waals surface area contributed by atoms with Crippen LogP contribution >= 0.6 is 13.6 Å². The van der Waals surface area contributed by atoms with Gasteiger partial charge in [-0.15, -0.1) is 6.07 Å². The molecule has 68 valence electrons. The van der Waals surface area contributed by atoms with Crippen LogP contribution in [0.2, 0.25) is 0 Å². The van der Waals surface area contributed by atoms with Crippen LogP contribution in [0, 0.1) is 11.9 Å². The van der Waals surface area contributed by atoms with Crippen LogP contribution < -0.4 is 0 Å². The van der Waals surface area contributed by atoms with E-state index in [9.17, 15) is 17.6 Å². The third-order valence-corrected chi connectivity index (χ3v) is 1.12. The second-order valence-corrected chi connectivity index (χ2v) is 1.90. The summed E-state index contributed by atoms with van der Waals surface area (Å²) in [5.74, 6) is -1.29. The number of hydrogen-bond acceptors (Lipinski definition) is 0. The number of halogens is 5. The standard InChI is InChI=1S/C7H3F4.BrH.Zn/c8-6-4-2-1-3-5(6)7(9,10)11;;/h1,3-4H;1H;/q-1;;+2/p-1. The van der Waals surface area contributed by atoms with Crippen molar-refractivity contribution >= 4 is 13.6 Å². The molecule has 0 bridgehead atoms. The molecule has 0 nitrogen and oxygen atoms in total. The van der Waals surface area contributed by atoms with E-state index in [1.807, 2.05) is 0 Å². The van der Waals surface area contributed by atoms with Gasteiger partial charge in [0.1, 0.15) is 0 Å². The van der Waals surface area contributed by atoms with Gasteiger partial charge in [0.15, 0.2) is 0 Å². The summed E-state index contributed by atoms with van der Waals surface area (Å²) in [6.45, 7) is 0. The van der Waals surface area contributed by atoms with E-state index in [0.717, 1.165) is 6.07 Å². The number of rotatable bonds is 0. The SMILES string of the molecule is Fc1c[c-]ccc1C(F)(F)F.[Zn+][Br]. The summed E-state index contributed by atoms with van der Waals surface area (Å²) in [7, 11) is 0. The first-order valence-electron chi connectivity index (χ1n) is 3.01. The molecule has 13 heavy (non-hydrogen) atoms. The molecule has 1 aromatic rings.